The molecule has 0 spiro atoms. The quantitative estimate of drug-likeness (QED) is 0.330. The molecule has 3 atom stereocenters. The zero-order chi connectivity index (χ0) is 26.6. The molecule has 2 N–H and O–H groups in total. The summed E-state index contributed by atoms with van der Waals surface area (Å²) in [5.41, 5.74) is 4.61. The molecule has 9 heteroatoms. The normalized spacial score (nSPS) is 21.8. The van der Waals surface area contributed by atoms with Crippen LogP contribution in [0.1, 0.15) is 69.8 Å². The van der Waals surface area contributed by atoms with E-state index >= 15 is 0 Å². The van der Waals surface area contributed by atoms with Crippen molar-refractivity contribution in [2.45, 2.75) is 43.9 Å². The number of esters is 1. The second kappa shape index (κ2) is 9.25. The predicted octanol–water partition coefficient (Wildman–Crippen LogP) is 5.24. The van der Waals surface area contributed by atoms with Crippen molar-refractivity contribution in [3.8, 4) is 0 Å². The van der Waals surface area contributed by atoms with Gasteiger partial charge in [-0.3, -0.25) is 9.52 Å². The van der Waals surface area contributed by atoms with E-state index in [1.165, 1.54) is 0 Å². The number of carbonyl (C=O) groups excluding carboxylic acids is 2. The number of benzene rings is 3. The Labute approximate surface area is 221 Å². The van der Waals surface area contributed by atoms with Crippen molar-refractivity contribution in [2.75, 3.05) is 16.6 Å². The van der Waals surface area contributed by atoms with Crippen LogP contribution < -0.4 is 10.0 Å². The molecule has 38 heavy (non-hydrogen) atoms. The van der Waals surface area contributed by atoms with Crippen LogP contribution in [-0.4, -0.2) is 26.8 Å². The Morgan fingerprint density at radius 1 is 1.08 bits per heavy atom. The van der Waals surface area contributed by atoms with Gasteiger partial charge in [0.05, 0.1) is 28.3 Å². The summed E-state index contributed by atoms with van der Waals surface area (Å²) in [6.45, 7) is 4.40. The van der Waals surface area contributed by atoms with Crippen LogP contribution in [0.15, 0.2) is 65.6 Å². The summed E-state index contributed by atoms with van der Waals surface area (Å²) in [5.74, 6) is -0.295. The average molecular weight is 533 g/mol. The molecule has 3 aromatic rings. The molecule has 3 heterocycles. The molecule has 1 saturated heterocycles. The predicted molar refractivity (Wildman–Crippen MR) is 142 cm³/mol. The third-order valence-corrected chi connectivity index (χ3v) is 8.95. The van der Waals surface area contributed by atoms with Gasteiger partial charge in [-0.25, -0.2) is 13.2 Å². The van der Waals surface area contributed by atoms with Crippen molar-refractivity contribution in [1.82, 2.24) is 0 Å². The third-order valence-electron chi connectivity index (χ3n) is 7.58. The van der Waals surface area contributed by atoms with E-state index in [1.54, 1.807) is 36.4 Å². The Hall–Kier alpha value is -3.69. The van der Waals surface area contributed by atoms with Gasteiger partial charge in [0.1, 0.15) is 6.61 Å². The number of Topliss-reactive ketones (excluding diaryl/α,β-unsaturated/α-hetero) is 1. The zero-order valence-corrected chi connectivity index (χ0v) is 21.9. The van der Waals surface area contributed by atoms with Crippen LogP contribution in [0, 0.1) is 11.8 Å². The largest absolute Gasteiger partial charge is 0.457 e. The molecule has 0 bridgehead atoms. The van der Waals surface area contributed by atoms with Gasteiger partial charge in [0, 0.05) is 40.8 Å². The van der Waals surface area contributed by atoms with Crippen LogP contribution in [0.2, 0.25) is 0 Å². The molecule has 3 aromatic carbocycles. The maximum atomic E-state index is 13.4. The number of hydrogen-bond donors (Lipinski definition) is 2. The highest BCUT2D eigenvalue weighted by Crippen LogP contribution is 2.50. The van der Waals surface area contributed by atoms with E-state index < -0.39 is 16.0 Å². The highest BCUT2D eigenvalue weighted by molar-refractivity contribution is 7.92. The Morgan fingerprint density at radius 3 is 2.63 bits per heavy atom. The van der Waals surface area contributed by atoms with Crippen LogP contribution in [0.3, 0.4) is 0 Å². The summed E-state index contributed by atoms with van der Waals surface area (Å²) in [7, 11) is -3.93. The van der Waals surface area contributed by atoms with Gasteiger partial charge < -0.3 is 14.8 Å². The number of rotatable bonds is 6. The molecule has 0 amide bonds. The van der Waals surface area contributed by atoms with Crippen LogP contribution in [-0.2, 0) is 26.1 Å². The molecule has 3 aliphatic heterocycles. The Kier molecular flexibility index (Phi) is 6.00. The Bertz CT molecular complexity index is 1550. The second-order valence-electron chi connectivity index (χ2n) is 10.3. The first kappa shape index (κ1) is 24.6. The van der Waals surface area contributed by atoms with Gasteiger partial charge >= 0.3 is 5.97 Å². The van der Waals surface area contributed by atoms with Crippen LogP contribution in [0.4, 0.5) is 11.4 Å². The summed E-state index contributed by atoms with van der Waals surface area (Å²) in [4.78, 5) is 24.4. The first-order valence-corrected chi connectivity index (χ1v) is 14.2. The number of hydrogen-bond acceptors (Lipinski definition) is 7. The van der Waals surface area contributed by atoms with Crippen molar-refractivity contribution in [3.05, 3.63) is 88.5 Å². The lowest BCUT2D eigenvalue weighted by Gasteiger charge is -2.36. The highest BCUT2D eigenvalue weighted by atomic mass is 32.2. The van der Waals surface area contributed by atoms with Gasteiger partial charge in [-0.05, 0) is 42.3 Å². The average Bonchev–Trinajstić information content (AvgIpc) is 3.55. The fourth-order valence-corrected chi connectivity index (χ4v) is 6.71. The standard InChI is InChI=1S/C29H28N2O6S/c1-16(2)27(32)18-8-6-17(7-9-18)26-21-12-13-36-28(21)22-14-19(10-11-24(22)30-26)38(34,35)31-25-5-3-4-20-23(25)15-37-29(20)33/h3-11,14,16,21,26,28,30-31H,12-13,15H2,1-2H3/t21-,26?,28-/m0/s1. The zero-order valence-electron chi connectivity index (χ0n) is 21.1. The molecule has 3 aliphatic rings. The molecule has 0 saturated carbocycles. The second-order valence-corrected chi connectivity index (χ2v) is 12.0. The molecule has 0 aromatic heterocycles. The van der Waals surface area contributed by atoms with Crippen LogP contribution >= 0.6 is 0 Å². The minimum absolute atomic E-state index is 0.0248. The maximum absolute atomic E-state index is 13.4. The Morgan fingerprint density at radius 2 is 1.87 bits per heavy atom. The number of cyclic esters (lactones) is 1. The molecule has 8 nitrogen and oxygen atoms in total. The number of ether oxygens (including phenoxy) is 2. The molecule has 1 fully saturated rings. The first-order valence-electron chi connectivity index (χ1n) is 12.7. The van der Waals surface area contributed by atoms with E-state index in [2.05, 4.69) is 10.0 Å². The Balaban J connectivity index is 1.29. The fraction of sp³-hybridized carbons (Fsp3) is 0.310. The number of sulfonamides is 1. The lowest BCUT2D eigenvalue weighted by atomic mass is 9.81. The molecule has 6 rings (SSSR count). The van der Waals surface area contributed by atoms with Crippen molar-refractivity contribution in [3.63, 3.8) is 0 Å². The number of nitrogens with one attached hydrogen (secondary N) is 2. The van der Waals surface area contributed by atoms with Crippen molar-refractivity contribution in [2.24, 2.45) is 11.8 Å². The summed E-state index contributed by atoms with van der Waals surface area (Å²) in [6.07, 6.45) is 0.573. The van der Waals surface area contributed by atoms with Gasteiger partial charge in [0.2, 0.25) is 0 Å². The van der Waals surface area contributed by atoms with E-state index in [0.29, 0.717) is 29.0 Å². The van der Waals surface area contributed by atoms with Crippen molar-refractivity contribution < 1.29 is 27.5 Å². The summed E-state index contributed by atoms with van der Waals surface area (Å²) < 4.78 is 40.5. The highest BCUT2D eigenvalue weighted by Gasteiger charge is 2.42. The number of carbonyl (C=O) groups is 2. The lowest BCUT2D eigenvalue weighted by Crippen LogP contribution is -2.29. The summed E-state index contributed by atoms with van der Waals surface area (Å²) in [6, 6.07) is 17.6. The molecule has 1 unspecified atom stereocenters. The van der Waals surface area contributed by atoms with Gasteiger partial charge in [-0.1, -0.05) is 44.2 Å². The SMILES string of the molecule is CC(C)C(=O)c1ccc(C2Nc3ccc(S(=O)(=O)Nc4cccc5c4COC5=O)cc3[C@H]3OCC[C@@H]23)cc1. The molecule has 0 radical (unpaired) electrons. The number of fused-ring (bicyclic) bond motifs is 4. The van der Waals surface area contributed by atoms with Gasteiger partial charge in [0.25, 0.3) is 10.0 Å². The van der Waals surface area contributed by atoms with E-state index in [9.17, 15) is 18.0 Å². The monoisotopic (exact) mass is 532 g/mol. The molecule has 0 aliphatic carbocycles. The summed E-state index contributed by atoms with van der Waals surface area (Å²) >= 11 is 0. The van der Waals surface area contributed by atoms with Crippen molar-refractivity contribution >= 4 is 33.2 Å². The number of ketones is 1. The first-order chi connectivity index (χ1) is 18.2. The lowest BCUT2D eigenvalue weighted by molar-refractivity contribution is 0.0535. The minimum Gasteiger partial charge on any atom is -0.457 e. The van der Waals surface area contributed by atoms with Crippen LogP contribution in [0.25, 0.3) is 0 Å². The third kappa shape index (κ3) is 4.16. The summed E-state index contributed by atoms with van der Waals surface area (Å²) in [5, 5.41) is 3.59. The minimum atomic E-state index is -3.93. The van der Waals surface area contributed by atoms with Crippen molar-refractivity contribution in [1.29, 1.82) is 0 Å². The molecular weight excluding hydrogens is 504 g/mol. The fourth-order valence-electron chi connectivity index (χ4n) is 5.58. The van der Waals surface area contributed by atoms with E-state index in [4.69, 9.17) is 9.47 Å². The maximum Gasteiger partial charge on any atom is 0.338 e. The smallest absolute Gasteiger partial charge is 0.338 e. The van der Waals surface area contributed by atoms with Gasteiger partial charge in [0.15, 0.2) is 5.78 Å². The van der Waals surface area contributed by atoms with E-state index in [-0.39, 0.29) is 41.3 Å². The number of anilines is 2. The van der Waals surface area contributed by atoms with Crippen LogP contribution in [0.5, 0.6) is 0 Å². The molecule has 196 valence electrons. The van der Waals surface area contributed by atoms with Gasteiger partial charge in [-0.15, -0.1) is 0 Å². The topological polar surface area (TPSA) is 111 Å². The van der Waals surface area contributed by atoms with E-state index in [1.807, 2.05) is 38.1 Å². The molecular formula is C29H28N2O6S. The van der Waals surface area contributed by atoms with E-state index in [0.717, 1.165) is 23.2 Å². The van der Waals surface area contributed by atoms with Gasteiger partial charge in [-0.2, -0.15) is 0 Å².